The number of para-hydroxylation sites is 2. The summed E-state index contributed by atoms with van der Waals surface area (Å²) in [5.41, 5.74) is 0.847. The molecule has 0 aliphatic rings. The first-order chi connectivity index (χ1) is 14.4. The van der Waals surface area contributed by atoms with Gasteiger partial charge in [0, 0.05) is 14.1 Å². The Labute approximate surface area is 182 Å². The molecule has 0 bridgehead atoms. The van der Waals surface area contributed by atoms with Crippen LogP contribution in [0.3, 0.4) is 0 Å². The van der Waals surface area contributed by atoms with Crippen molar-refractivity contribution in [2.24, 2.45) is 0 Å². The zero-order chi connectivity index (χ0) is 21.7. The Hall–Kier alpha value is -3.37. The zero-order valence-electron chi connectivity index (χ0n) is 16.1. The highest BCUT2D eigenvalue weighted by molar-refractivity contribution is 7.83. The van der Waals surface area contributed by atoms with Crippen LogP contribution in [0.1, 0.15) is 20.7 Å². The molecule has 10 heteroatoms. The van der Waals surface area contributed by atoms with Crippen molar-refractivity contribution in [3.05, 3.63) is 65.9 Å². The molecule has 3 rings (SSSR count). The van der Waals surface area contributed by atoms with Crippen molar-refractivity contribution < 1.29 is 19.1 Å². The van der Waals surface area contributed by atoms with Gasteiger partial charge in [0.2, 0.25) is 0 Å². The second-order valence-corrected chi connectivity index (χ2v) is 7.79. The molecule has 8 nitrogen and oxygen atoms in total. The molecule has 0 fully saturated rings. The molecule has 2 aromatic carbocycles. The number of aromatic nitrogens is 1. The van der Waals surface area contributed by atoms with Crippen molar-refractivity contribution in [2.75, 3.05) is 24.3 Å². The number of benzene rings is 2. The number of nitrogens with one attached hydrogen (secondary N) is 2. The van der Waals surface area contributed by atoms with Crippen LogP contribution in [0, 0.1) is 0 Å². The number of hydrogen-bond donors (Lipinski definition) is 3. The maximum atomic E-state index is 12.7. The van der Waals surface area contributed by atoms with E-state index in [1.54, 1.807) is 36.4 Å². The number of carbonyl (C=O) groups is 3. The first-order valence-electron chi connectivity index (χ1n) is 8.72. The highest BCUT2D eigenvalue weighted by Crippen LogP contribution is 2.25. The van der Waals surface area contributed by atoms with Crippen LogP contribution < -0.4 is 20.3 Å². The second kappa shape index (κ2) is 9.42. The summed E-state index contributed by atoms with van der Waals surface area (Å²) in [6.45, 7) is 0. The average molecular weight is 443 g/mol. The summed E-state index contributed by atoms with van der Waals surface area (Å²) >= 11 is 5.38. The minimum atomic E-state index is -0.751. The van der Waals surface area contributed by atoms with E-state index in [-0.39, 0.29) is 17.2 Å². The molecule has 2 N–H and O–H groups in total. The van der Waals surface area contributed by atoms with E-state index in [1.165, 1.54) is 48.7 Å². The van der Waals surface area contributed by atoms with Gasteiger partial charge in [0.1, 0.15) is 5.75 Å². The number of ether oxygens (including phenoxy) is 1. The third kappa shape index (κ3) is 4.78. The number of hydrogen-bond acceptors (Lipinski definition) is 7. The summed E-state index contributed by atoms with van der Waals surface area (Å²) < 4.78 is 6.11. The lowest BCUT2D eigenvalue weighted by Gasteiger charge is -2.20. The maximum absolute atomic E-state index is 12.7. The van der Waals surface area contributed by atoms with Crippen molar-refractivity contribution in [3.63, 3.8) is 0 Å². The van der Waals surface area contributed by atoms with Gasteiger partial charge >= 0.3 is 6.09 Å². The summed E-state index contributed by atoms with van der Waals surface area (Å²) in [6.07, 6.45) is 0.771. The third-order valence-corrected chi connectivity index (χ3v) is 5.16. The van der Waals surface area contributed by atoms with Crippen LogP contribution in [0.2, 0.25) is 0 Å². The van der Waals surface area contributed by atoms with Gasteiger partial charge in [-0.05, 0) is 24.3 Å². The molecule has 30 heavy (non-hydrogen) atoms. The van der Waals surface area contributed by atoms with Gasteiger partial charge in [-0.15, -0.1) is 12.6 Å². The quantitative estimate of drug-likeness (QED) is 0.524. The fourth-order valence-electron chi connectivity index (χ4n) is 2.58. The van der Waals surface area contributed by atoms with Gasteiger partial charge < -0.3 is 10.1 Å². The van der Waals surface area contributed by atoms with Crippen molar-refractivity contribution in [2.45, 2.75) is 4.21 Å². The second-order valence-electron chi connectivity index (χ2n) is 5.98. The van der Waals surface area contributed by atoms with Crippen molar-refractivity contribution in [1.29, 1.82) is 0 Å². The molecular weight excluding hydrogens is 424 g/mol. The van der Waals surface area contributed by atoms with Gasteiger partial charge in [-0.3, -0.25) is 19.8 Å². The molecule has 3 aromatic rings. The number of nitrogens with zero attached hydrogens (tertiary/aromatic N) is 2. The number of thiazole rings is 1. The number of rotatable bonds is 5. The Morgan fingerprint density at radius 1 is 1.03 bits per heavy atom. The van der Waals surface area contributed by atoms with Gasteiger partial charge in [-0.2, -0.15) is 0 Å². The van der Waals surface area contributed by atoms with Crippen LogP contribution in [0.4, 0.5) is 15.6 Å². The molecule has 0 unspecified atom stereocenters. The summed E-state index contributed by atoms with van der Waals surface area (Å²) in [5.74, 6) is -0.738. The third-order valence-electron chi connectivity index (χ3n) is 4.05. The normalized spacial score (nSPS) is 10.2. The first-order valence-corrected chi connectivity index (χ1v) is 9.99. The van der Waals surface area contributed by atoms with Crippen LogP contribution in [-0.2, 0) is 0 Å². The Kier molecular flexibility index (Phi) is 6.70. The predicted octanol–water partition coefficient (Wildman–Crippen LogP) is 3.68. The molecule has 3 amide bonds. The maximum Gasteiger partial charge on any atom is 0.419 e. The van der Waals surface area contributed by atoms with Gasteiger partial charge in [0.25, 0.3) is 11.8 Å². The first kappa shape index (κ1) is 21.3. The summed E-state index contributed by atoms with van der Waals surface area (Å²) in [4.78, 5) is 42.7. The van der Waals surface area contributed by atoms with E-state index in [9.17, 15) is 14.4 Å². The fraction of sp³-hybridized carbons (Fsp3) is 0.100. The summed E-state index contributed by atoms with van der Waals surface area (Å²) in [7, 11) is 2.99. The van der Waals surface area contributed by atoms with Crippen molar-refractivity contribution >= 4 is 52.7 Å². The van der Waals surface area contributed by atoms with E-state index in [0.29, 0.717) is 20.6 Å². The van der Waals surface area contributed by atoms with E-state index in [4.69, 9.17) is 4.74 Å². The van der Waals surface area contributed by atoms with E-state index in [0.717, 1.165) is 0 Å². The van der Waals surface area contributed by atoms with Crippen LogP contribution >= 0.6 is 24.0 Å². The molecule has 0 aliphatic heterocycles. The number of thiol groups is 1. The Morgan fingerprint density at radius 2 is 1.70 bits per heavy atom. The molecule has 0 aliphatic carbocycles. The fourth-order valence-corrected chi connectivity index (χ4v) is 3.45. The highest BCUT2D eigenvalue weighted by Gasteiger charge is 2.22. The molecule has 0 saturated carbocycles. The minimum Gasteiger partial charge on any atom is -0.409 e. The van der Waals surface area contributed by atoms with E-state index in [2.05, 4.69) is 28.2 Å². The molecule has 154 valence electrons. The smallest absolute Gasteiger partial charge is 0.409 e. The van der Waals surface area contributed by atoms with Crippen molar-refractivity contribution in [3.8, 4) is 5.75 Å². The van der Waals surface area contributed by atoms with Gasteiger partial charge in [0.05, 0.1) is 27.2 Å². The average Bonchev–Trinajstić information content (AvgIpc) is 3.17. The summed E-state index contributed by atoms with van der Waals surface area (Å²) in [6, 6.07) is 13.0. The number of carbonyl (C=O) groups excluding carboxylic acids is 3. The largest absolute Gasteiger partial charge is 0.419 e. The lowest BCUT2D eigenvalue weighted by molar-refractivity contribution is 0.0962. The highest BCUT2D eigenvalue weighted by atomic mass is 32.2. The number of amides is 3. The van der Waals surface area contributed by atoms with Crippen LogP contribution in [0.25, 0.3) is 0 Å². The Morgan fingerprint density at radius 3 is 2.37 bits per heavy atom. The van der Waals surface area contributed by atoms with Gasteiger partial charge in [-0.25, -0.2) is 9.78 Å². The Bertz CT molecular complexity index is 1100. The predicted molar refractivity (Wildman–Crippen MR) is 118 cm³/mol. The lowest BCUT2D eigenvalue weighted by atomic mass is 10.1. The molecule has 0 atom stereocenters. The SMILES string of the molecule is CNC(=O)c1ccccc1N(C)C(=O)Oc1ccccc1C(=O)Nc1ncc(S)s1. The molecule has 0 spiro atoms. The van der Waals surface area contributed by atoms with Gasteiger partial charge in [-0.1, -0.05) is 35.6 Å². The Balaban J connectivity index is 1.81. The molecule has 1 heterocycles. The van der Waals surface area contributed by atoms with E-state index in [1.807, 2.05) is 0 Å². The summed E-state index contributed by atoms with van der Waals surface area (Å²) in [5, 5.41) is 5.56. The zero-order valence-corrected chi connectivity index (χ0v) is 17.8. The number of anilines is 2. The minimum absolute atomic E-state index is 0.0759. The van der Waals surface area contributed by atoms with Crippen LogP contribution in [0.15, 0.2) is 58.9 Å². The van der Waals surface area contributed by atoms with Gasteiger partial charge in [0.15, 0.2) is 5.13 Å². The molecule has 1 aromatic heterocycles. The van der Waals surface area contributed by atoms with Crippen LogP contribution in [-0.4, -0.2) is 37.0 Å². The topological polar surface area (TPSA) is 101 Å². The van der Waals surface area contributed by atoms with Crippen molar-refractivity contribution in [1.82, 2.24) is 10.3 Å². The molecule has 0 radical (unpaired) electrons. The van der Waals surface area contributed by atoms with E-state index < -0.39 is 12.0 Å². The lowest BCUT2D eigenvalue weighted by Crippen LogP contribution is -2.32. The molecule has 0 saturated heterocycles. The monoisotopic (exact) mass is 442 g/mol. The molecular formula is C20H18N4O4S2. The van der Waals surface area contributed by atoms with E-state index >= 15 is 0 Å². The standard InChI is InChI=1S/C20H18N4O4S2/c1-21-17(25)12-7-3-5-9-14(12)24(2)20(27)28-15-10-6-4-8-13(15)18(26)23-19-22-11-16(29)30-19/h3-11,29H,1-2H3,(H,21,25)(H,22,23,26). The van der Waals surface area contributed by atoms with Crippen LogP contribution in [0.5, 0.6) is 5.75 Å².